The Labute approximate surface area is 191 Å². The topological polar surface area (TPSA) is 85.3 Å². The second-order valence-electron chi connectivity index (χ2n) is 7.90. The summed E-state index contributed by atoms with van der Waals surface area (Å²) in [4.78, 5) is 25.3. The van der Waals surface area contributed by atoms with Crippen LogP contribution in [0.3, 0.4) is 0 Å². The second-order valence-corrected chi connectivity index (χ2v) is 7.90. The van der Waals surface area contributed by atoms with Crippen LogP contribution in [0.5, 0.6) is 5.75 Å². The van der Waals surface area contributed by atoms with Gasteiger partial charge in [0.05, 0.1) is 16.9 Å². The lowest BCUT2D eigenvalue weighted by Gasteiger charge is -2.23. The van der Waals surface area contributed by atoms with Crippen LogP contribution >= 0.6 is 0 Å². The molecule has 1 atom stereocenters. The van der Waals surface area contributed by atoms with Crippen molar-refractivity contribution >= 4 is 23.2 Å². The first-order valence-corrected chi connectivity index (χ1v) is 10.6. The van der Waals surface area contributed by atoms with Crippen molar-refractivity contribution in [1.82, 2.24) is 9.78 Å². The molecule has 1 aliphatic rings. The molecule has 0 aliphatic carbocycles. The molecular formula is C26H22N4O3. The van der Waals surface area contributed by atoms with Crippen LogP contribution in [0.4, 0.5) is 11.4 Å². The summed E-state index contributed by atoms with van der Waals surface area (Å²) in [6, 6.07) is 22.6. The highest BCUT2D eigenvalue weighted by molar-refractivity contribution is 6.09. The zero-order valence-electron chi connectivity index (χ0n) is 18.2. The average molecular weight is 438 g/mol. The van der Waals surface area contributed by atoms with E-state index in [0.717, 1.165) is 16.8 Å². The minimum absolute atomic E-state index is 0.225. The third-order valence-corrected chi connectivity index (χ3v) is 5.55. The van der Waals surface area contributed by atoms with Gasteiger partial charge in [0.2, 0.25) is 0 Å². The zero-order chi connectivity index (χ0) is 22.9. The first-order chi connectivity index (χ1) is 16.0. The molecule has 0 saturated carbocycles. The number of carbonyl (C=O) groups excluding carboxylic acids is 2. The Bertz CT molecular complexity index is 1360. The SMILES string of the molecule is Cc1ccccc1-c1nn(-c2ccccc2)cc1C(=O)Nc1ccc2c(c1)NC(=O)C(C)O2. The third kappa shape index (κ3) is 3.96. The fraction of sp³-hybridized carbons (Fsp3) is 0.115. The Kier molecular flexibility index (Phi) is 5.14. The van der Waals surface area contributed by atoms with Crippen LogP contribution in [0.2, 0.25) is 0 Å². The summed E-state index contributed by atoms with van der Waals surface area (Å²) in [5.41, 5.74) is 4.87. The summed E-state index contributed by atoms with van der Waals surface area (Å²) in [6.45, 7) is 3.68. The van der Waals surface area contributed by atoms with Crippen LogP contribution < -0.4 is 15.4 Å². The van der Waals surface area contributed by atoms with Gasteiger partial charge in [-0.1, -0.05) is 42.5 Å². The molecule has 2 amide bonds. The Morgan fingerprint density at radius 2 is 1.82 bits per heavy atom. The van der Waals surface area contributed by atoms with Crippen LogP contribution in [0, 0.1) is 6.92 Å². The number of hydrogen-bond donors (Lipinski definition) is 2. The number of aryl methyl sites for hydroxylation is 1. The molecular weight excluding hydrogens is 416 g/mol. The minimum Gasteiger partial charge on any atom is -0.479 e. The number of aromatic nitrogens is 2. The molecule has 0 radical (unpaired) electrons. The quantitative estimate of drug-likeness (QED) is 0.478. The number of fused-ring (bicyclic) bond motifs is 1. The normalized spacial score (nSPS) is 14.7. The molecule has 0 saturated heterocycles. The summed E-state index contributed by atoms with van der Waals surface area (Å²) < 4.78 is 7.30. The van der Waals surface area contributed by atoms with E-state index in [0.29, 0.717) is 28.4 Å². The third-order valence-electron chi connectivity index (χ3n) is 5.55. The molecule has 1 aliphatic heterocycles. The van der Waals surface area contributed by atoms with E-state index >= 15 is 0 Å². The molecule has 1 unspecified atom stereocenters. The highest BCUT2D eigenvalue weighted by atomic mass is 16.5. The van der Waals surface area contributed by atoms with Crippen molar-refractivity contribution in [3.8, 4) is 22.7 Å². The van der Waals surface area contributed by atoms with Crippen LogP contribution in [0.25, 0.3) is 16.9 Å². The van der Waals surface area contributed by atoms with Crippen LogP contribution in [-0.4, -0.2) is 27.7 Å². The number of anilines is 2. The lowest BCUT2D eigenvalue weighted by atomic mass is 10.0. The van der Waals surface area contributed by atoms with Crippen molar-refractivity contribution in [3.63, 3.8) is 0 Å². The number of benzene rings is 3. The molecule has 7 heteroatoms. The smallest absolute Gasteiger partial charge is 0.265 e. The number of hydrogen-bond acceptors (Lipinski definition) is 4. The predicted molar refractivity (Wildman–Crippen MR) is 127 cm³/mol. The Hall–Kier alpha value is -4.39. The number of ether oxygens (including phenoxy) is 1. The number of carbonyl (C=O) groups is 2. The van der Waals surface area contributed by atoms with Gasteiger partial charge in [-0.3, -0.25) is 9.59 Å². The predicted octanol–water partition coefficient (Wildman–Crippen LogP) is 4.82. The first kappa shape index (κ1) is 20.5. The molecule has 0 fully saturated rings. The van der Waals surface area contributed by atoms with Crippen molar-refractivity contribution in [1.29, 1.82) is 0 Å². The van der Waals surface area contributed by atoms with E-state index in [1.165, 1.54) is 0 Å². The molecule has 7 nitrogen and oxygen atoms in total. The van der Waals surface area contributed by atoms with Crippen molar-refractivity contribution < 1.29 is 14.3 Å². The molecule has 5 rings (SSSR count). The van der Waals surface area contributed by atoms with E-state index in [1.54, 1.807) is 36.0 Å². The first-order valence-electron chi connectivity index (χ1n) is 10.6. The molecule has 2 N–H and O–H groups in total. The maximum absolute atomic E-state index is 13.4. The second kappa shape index (κ2) is 8.27. The molecule has 33 heavy (non-hydrogen) atoms. The van der Waals surface area contributed by atoms with Gasteiger partial charge in [-0.25, -0.2) is 4.68 Å². The Morgan fingerprint density at radius 3 is 2.61 bits per heavy atom. The highest BCUT2D eigenvalue weighted by Crippen LogP contribution is 2.33. The monoisotopic (exact) mass is 438 g/mol. The van der Waals surface area contributed by atoms with Crippen molar-refractivity contribution in [2.45, 2.75) is 20.0 Å². The van der Waals surface area contributed by atoms with E-state index in [1.807, 2.05) is 61.5 Å². The van der Waals surface area contributed by atoms with Gasteiger partial charge in [0, 0.05) is 17.4 Å². The lowest BCUT2D eigenvalue weighted by Crippen LogP contribution is -2.34. The molecule has 164 valence electrons. The number of amides is 2. The standard InChI is InChI=1S/C26H22N4O3/c1-16-8-6-7-11-20(16)24-21(15-30(29-24)19-9-4-3-5-10-19)26(32)27-18-12-13-23-22(14-18)28-25(31)17(2)33-23/h3-15,17H,1-2H3,(H,27,32)(H,28,31). The van der Waals surface area contributed by atoms with E-state index in [2.05, 4.69) is 10.6 Å². The zero-order valence-corrected chi connectivity index (χ0v) is 18.2. The summed E-state index contributed by atoms with van der Waals surface area (Å²) in [7, 11) is 0. The summed E-state index contributed by atoms with van der Waals surface area (Å²) in [5, 5.41) is 10.5. The van der Waals surface area contributed by atoms with Crippen LogP contribution in [0.15, 0.2) is 79.0 Å². The van der Waals surface area contributed by atoms with E-state index in [4.69, 9.17) is 9.84 Å². The largest absolute Gasteiger partial charge is 0.479 e. The molecule has 1 aromatic heterocycles. The lowest BCUT2D eigenvalue weighted by molar-refractivity contribution is -0.122. The van der Waals surface area contributed by atoms with Gasteiger partial charge in [0.15, 0.2) is 6.10 Å². The molecule has 0 bridgehead atoms. The van der Waals surface area contributed by atoms with Gasteiger partial charge in [0.1, 0.15) is 11.4 Å². The molecule has 3 aromatic carbocycles. The number of nitrogens with zero attached hydrogens (tertiary/aromatic N) is 2. The van der Waals surface area contributed by atoms with Crippen LogP contribution in [-0.2, 0) is 4.79 Å². The minimum atomic E-state index is -0.557. The number of rotatable bonds is 4. The van der Waals surface area contributed by atoms with E-state index in [-0.39, 0.29) is 11.8 Å². The van der Waals surface area contributed by atoms with Gasteiger partial charge in [-0.05, 0) is 49.7 Å². The van der Waals surface area contributed by atoms with Gasteiger partial charge in [-0.15, -0.1) is 0 Å². The highest BCUT2D eigenvalue weighted by Gasteiger charge is 2.24. The Balaban J connectivity index is 1.51. The molecule has 0 spiro atoms. The van der Waals surface area contributed by atoms with E-state index in [9.17, 15) is 9.59 Å². The number of para-hydroxylation sites is 1. The van der Waals surface area contributed by atoms with Crippen molar-refractivity contribution in [3.05, 3.63) is 90.1 Å². The van der Waals surface area contributed by atoms with Gasteiger partial charge in [0.25, 0.3) is 11.8 Å². The van der Waals surface area contributed by atoms with Gasteiger partial charge in [-0.2, -0.15) is 5.10 Å². The maximum Gasteiger partial charge on any atom is 0.265 e. The molecule has 2 heterocycles. The summed E-state index contributed by atoms with van der Waals surface area (Å²) in [6.07, 6.45) is 1.18. The van der Waals surface area contributed by atoms with Gasteiger partial charge < -0.3 is 15.4 Å². The van der Waals surface area contributed by atoms with Gasteiger partial charge >= 0.3 is 0 Å². The van der Waals surface area contributed by atoms with Crippen molar-refractivity contribution in [2.24, 2.45) is 0 Å². The van der Waals surface area contributed by atoms with E-state index < -0.39 is 6.10 Å². The Morgan fingerprint density at radius 1 is 1.06 bits per heavy atom. The maximum atomic E-state index is 13.4. The molecule has 4 aromatic rings. The van der Waals surface area contributed by atoms with Crippen molar-refractivity contribution in [2.75, 3.05) is 10.6 Å². The van der Waals surface area contributed by atoms with Crippen LogP contribution in [0.1, 0.15) is 22.8 Å². The fourth-order valence-corrected chi connectivity index (χ4v) is 3.78. The average Bonchev–Trinajstić information content (AvgIpc) is 3.26. The summed E-state index contributed by atoms with van der Waals surface area (Å²) in [5.74, 6) is 0.0429. The fourth-order valence-electron chi connectivity index (χ4n) is 3.78. The number of nitrogens with one attached hydrogen (secondary N) is 2. The summed E-state index contributed by atoms with van der Waals surface area (Å²) >= 11 is 0.